The molecular formula is C30H56NO6P. The highest BCUT2D eigenvalue weighted by molar-refractivity contribution is 7.46. The number of phosphoric acid groups is 1. The number of nitrogens with two attached hydrogens (primary N) is 1. The van der Waals surface area contributed by atoms with Gasteiger partial charge in [-0.2, -0.15) is 0 Å². The smallest absolute Gasteiger partial charge is 0.327 e. The van der Waals surface area contributed by atoms with Crippen molar-refractivity contribution < 1.29 is 28.5 Å². The molecule has 38 heavy (non-hydrogen) atoms. The molecule has 7 nitrogen and oxygen atoms in total. The number of phosphoric ester groups is 1. The van der Waals surface area contributed by atoms with E-state index >= 15 is 0 Å². The van der Waals surface area contributed by atoms with Gasteiger partial charge in [0.25, 0.3) is 0 Å². The summed E-state index contributed by atoms with van der Waals surface area (Å²) in [4.78, 5) is 44.8. The summed E-state index contributed by atoms with van der Waals surface area (Å²) >= 11 is 0. The van der Waals surface area contributed by atoms with Gasteiger partial charge in [0.05, 0.1) is 0 Å². The molecule has 0 aromatic heterocycles. The number of hydrogen-bond donors (Lipinski definition) is 3. The fourth-order valence-corrected chi connectivity index (χ4v) is 5.08. The van der Waals surface area contributed by atoms with Crippen molar-refractivity contribution >= 4 is 19.4 Å². The summed E-state index contributed by atoms with van der Waals surface area (Å²) < 4.78 is 16.5. The molecule has 0 fully saturated rings. The minimum Gasteiger partial charge on any atom is -0.327 e. The Balaban J connectivity index is 4.48. The van der Waals surface area contributed by atoms with Crippen LogP contribution in [0.1, 0.15) is 142 Å². The number of hydrogen-bond acceptors (Lipinski definition) is 5. The highest BCUT2D eigenvalue weighted by Gasteiger charge is 2.48. The van der Waals surface area contributed by atoms with Gasteiger partial charge in [-0.3, -0.25) is 14.1 Å². The maximum atomic E-state index is 13.0. The molecule has 0 bridgehead atoms. The lowest BCUT2D eigenvalue weighted by Crippen LogP contribution is -2.54. The van der Waals surface area contributed by atoms with Gasteiger partial charge in [0.2, 0.25) is 5.60 Å². The minimum atomic E-state index is -5.08. The van der Waals surface area contributed by atoms with E-state index in [1.165, 1.54) is 25.7 Å². The second kappa shape index (κ2) is 23.7. The number of Topliss-reactive ketones (excluding diaryl/α,β-unsaturated/α-hetero) is 2. The topological polar surface area (TPSA) is 127 Å². The van der Waals surface area contributed by atoms with Crippen LogP contribution < -0.4 is 5.73 Å². The fraction of sp³-hybridized carbons (Fsp3) is 0.800. The molecule has 8 heteroatoms. The van der Waals surface area contributed by atoms with E-state index in [-0.39, 0.29) is 12.8 Å². The summed E-state index contributed by atoms with van der Waals surface area (Å²) in [6.45, 7) is 3.80. The van der Waals surface area contributed by atoms with Gasteiger partial charge in [-0.25, -0.2) is 4.57 Å². The Bertz CT molecular complexity index is 672. The summed E-state index contributed by atoms with van der Waals surface area (Å²) in [5.41, 5.74) is 3.49. The van der Waals surface area contributed by atoms with Gasteiger partial charge in [0, 0.05) is 19.4 Å². The van der Waals surface area contributed by atoms with Gasteiger partial charge in [-0.05, 0) is 51.4 Å². The van der Waals surface area contributed by atoms with E-state index in [2.05, 4.69) is 38.2 Å². The monoisotopic (exact) mass is 557 g/mol. The Morgan fingerprint density at radius 1 is 0.658 bits per heavy atom. The molecule has 0 aliphatic rings. The second-order valence-electron chi connectivity index (χ2n) is 10.3. The number of unbranched alkanes of at least 4 members (excludes halogenated alkanes) is 14. The summed E-state index contributed by atoms with van der Waals surface area (Å²) in [6, 6.07) is 0. The SMILES string of the molecule is CCCC/C=C\CCCCCCCC(=O)C(CN)(OP(=O)(O)O)C(=O)CCCCCCC/C=C\CCCC. The van der Waals surface area contributed by atoms with Crippen LogP contribution in [0.5, 0.6) is 0 Å². The molecular weight excluding hydrogens is 501 g/mol. The third-order valence-corrected chi connectivity index (χ3v) is 7.34. The van der Waals surface area contributed by atoms with Gasteiger partial charge in [0.15, 0.2) is 11.6 Å². The minimum absolute atomic E-state index is 0.0195. The maximum Gasteiger partial charge on any atom is 0.471 e. The number of carbonyl (C=O) groups is 2. The first-order chi connectivity index (χ1) is 18.2. The van der Waals surface area contributed by atoms with Crippen LogP contribution in [0.15, 0.2) is 24.3 Å². The molecule has 0 saturated carbocycles. The highest BCUT2D eigenvalue weighted by Crippen LogP contribution is 2.43. The Hall–Kier alpha value is -1.11. The van der Waals surface area contributed by atoms with Crippen molar-refractivity contribution in [2.45, 2.75) is 148 Å². The first kappa shape index (κ1) is 36.9. The van der Waals surface area contributed by atoms with Crippen molar-refractivity contribution in [2.24, 2.45) is 5.73 Å². The highest BCUT2D eigenvalue weighted by atomic mass is 31.2. The van der Waals surface area contributed by atoms with E-state index in [9.17, 15) is 23.9 Å². The van der Waals surface area contributed by atoms with Crippen LogP contribution >= 0.6 is 7.82 Å². The molecule has 0 radical (unpaired) electrons. The van der Waals surface area contributed by atoms with Crippen LogP contribution in [-0.4, -0.2) is 33.5 Å². The van der Waals surface area contributed by atoms with Gasteiger partial charge in [-0.1, -0.05) is 102 Å². The average Bonchev–Trinajstić information content (AvgIpc) is 2.88. The Labute approximate surface area is 232 Å². The maximum absolute atomic E-state index is 13.0. The van der Waals surface area contributed by atoms with Gasteiger partial charge in [0.1, 0.15) is 0 Å². The first-order valence-corrected chi connectivity index (χ1v) is 16.6. The van der Waals surface area contributed by atoms with Gasteiger partial charge < -0.3 is 15.5 Å². The summed E-state index contributed by atoms with van der Waals surface area (Å²) in [7, 11) is -5.08. The predicted molar refractivity (Wildman–Crippen MR) is 157 cm³/mol. The molecule has 0 rings (SSSR count). The zero-order valence-corrected chi connectivity index (χ0v) is 25.1. The van der Waals surface area contributed by atoms with Crippen molar-refractivity contribution in [3.8, 4) is 0 Å². The average molecular weight is 558 g/mol. The van der Waals surface area contributed by atoms with Crippen molar-refractivity contribution in [2.75, 3.05) is 6.54 Å². The molecule has 0 atom stereocenters. The second-order valence-corrected chi connectivity index (χ2v) is 11.5. The van der Waals surface area contributed by atoms with E-state index in [0.717, 1.165) is 77.0 Å². The Morgan fingerprint density at radius 2 is 1.00 bits per heavy atom. The van der Waals surface area contributed by atoms with E-state index in [0.29, 0.717) is 12.8 Å². The molecule has 0 aromatic carbocycles. The lowest BCUT2D eigenvalue weighted by molar-refractivity contribution is -0.148. The molecule has 4 N–H and O–H groups in total. The normalized spacial score (nSPS) is 12.7. The van der Waals surface area contributed by atoms with Crippen LogP contribution in [0, 0.1) is 0 Å². The molecule has 0 aromatic rings. The molecule has 0 saturated heterocycles. The van der Waals surface area contributed by atoms with Crippen molar-refractivity contribution in [3.63, 3.8) is 0 Å². The lowest BCUT2D eigenvalue weighted by atomic mass is 9.87. The Morgan fingerprint density at radius 3 is 1.34 bits per heavy atom. The summed E-state index contributed by atoms with van der Waals surface area (Å²) in [5, 5.41) is 0. The molecule has 0 spiro atoms. The fourth-order valence-electron chi connectivity index (χ4n) is 4.40. The van der Waals surface area contributed by atoms with Crippen molar-refractivity contribution in [3.05, 3.63) is 24.3 Å². The number of carbonyl (C=O) groups excluding carboxylic acids is 2. The summed E-state index contributed by atoms with van der Waals surface area (Å²) in [5.74, 6) is -1.25. The lowest BCUT2D eigenvalue weighted by Gasteiger charge is -2.29. The van der Waals surface area contributed by atoms with E-state index in [1.807, 2.05) is 0 Å². The van der Waals surface area contributed by atoms with E-state index < -0.39 is 31.5 Å². The van der Waals surface area contributed by atoms with Gasteiger partial charge in [-0.15, -0.1) is 0 Å². The Kier molecular flexibility index (Phi) is 23.1. The van der Waals surface area contributed by atoms with Gasteiger partial charge >= 0.3 is 7.82 Å². The molecule has 0 aliphatic carbocycles. The van der Waals surface area contributed by atoms with E-state index in [1.54, 1.807) is 0 Å². The first-order valence-electron chi connectivity index (χ1n) is 15.1. The van der Waals surface area contributed by atoms with Crippen LogP contribution in [0.4, 0.5) is 0 Å². The van der Waals surface area contributed by atoms with Crippen LogP contribution in [0.25, 0.3) is 0 Å². The predicted octanol–water partition coefficient (Wildman–Crippen LogP) is 7.89. The zero-order valence-electron chi connectivity index (χ0n) is 24.2. The van der Waals surface area contributed by atoms with Crippen LogP contribution in [0.2, 0.25) is 0 Å². The van der Waals surface area contributed by atoms with Crippen LogP contribution in [0.3, 0.4) is 0 Å². The van der Waals surface area contributed by atoms with Crippen molar-refractivity contribution in [1.29, 1.82) is 0 Å². The van der Waals surface area contributed by atoms with Crippen molar-refractivity contribution in [1.82, 2.24) is 0 Å². The third-order valence-electron chi connectivity index (χ3n) is 6.79. The van der Waals surface area contributed by atoms with E-state index in [4.69, 9.17) is 10.3 Å². The third kappa shape index (κ3) is 19.0. The van der Waals surface area contributed by atoms with Crippen LogP contribution in [-0.2, 0) is 18.7 Å². The molecule has 0 unspecified atom stereocenters. The quantitative estimate of drug-likeness (QED) is 0.0405. The largest absolute Gasteiger partial charge is 0.471 e. The number of rotatable bonds is 27. The summed E-state index contributed by atoms with van der Waals surface area (Å²) in [6.07, 6.45) is 27.1. The number of ketones is 2. The molecule has 0 heterocycles. The molecule has 0 aliphatic heterocycles. The molecule has 0 amide bonds. The molecule has 222 valence electrons. The zero-order chi connectivity index (χ0) is 28.5. The number of allylic oxidation sites excluding steroid dienone is 4. The standard InChI is InChI=1S/C30H56NO6P/c1-3-5-7-9-11-13-15-17-19-21-23-25-28(32)30(27-31,37-38(34,35)36)29(33)26-24-22-20-18-16-14-12-10-8-6-4-2/h9-12H,3-8,13-27,31H2,1-2H3,(H2,34,35,36)/b11-9-,12-10-.